The smallest absolute Gasteiger partial charge is 0.358 e. The molecule has 2 aromatic rings. The van der Waals surface area contributed by atoms with Gasteiger partial charge in [0.2, 0.25) is 5.88 Å². The number of carbonyl (C=O) groups excluding carboxylic acids is 1. The zero-order chi connectivity index (χ0) is 15.7. The summed E-state index contributed by atoms with van der Waals surface area (Å²) in [5, 5.41) is 7.65. The fourth-order valence-electron chi connectivity index (χ4n) is 2.37. The molecular formula is C16H16N2O4. The molecule has 0 N–H and O–H groups in total. The van der Waals surface area contributed by atoms with Crippen LogP contribution < -0.4 is 9.47 Å². The molecule has 0 saturated heterocycles. The number of hydrogen-bond donors (Lipinski definition) is 0. The molecule has 1 aliphatic heterocycles. The van der Waals surface area contributed by atoms with Crippen molar-refractivity contribution in [3.8, 4) is 17.4 Å². The van der Waals surface area contributed by atoms with Crippen LogP contribution in [0.25, 0.3) is 0 Å². The highest BCUT2D eigenvalue weighted by Gasteiger charge is 2.32. The van der Waals surface area contributed by atoms with Gasteiger partial charge < -0.3 is 14.2 Å². The molecule has 0 unspecified atom stereocenters. The first-order valence-electron chi connectivity index (χ1n) is 6.89. The third-order valence-electron chi connectivity index (χ3n) is 3.30. The molecule has 1 aromatic heterocycles. The van der Waals surface area contributed by atoms with Crippen molar-refractivity contribution in [2.75, 3.05) is 7.11 Å². The summed E-state index contributed by atoms with van der Waals surface area (Å²) in [5.74, 6) is 1.06. The van der Waals surface area contributed by atoms with E-state index in [0.29, 0.717) is 5.75 Å². The van der Waals surface area contributed by atoms with Gasteiger partial charge in [0, 0.05) is 18.1 Å². The van der Waals surface area contributed by atoms with Gasteiger partial charge in [-0.15, -0.1) is 10.2 Å². The molecule has 0 radical (unpaired) electrons. The van der Waals surface area contributed by atoms with Crippen LogP contribution >= 0.6 is 0 Å². The van der Waals surface area contributed by atoms with Crippen LogP contribution in [0.1, 0.15) is 29.9 Å². The average Bonchev–Trinajstić information content (AvgIpc) is 2.82. The maximum atomic E-state index is 11.3. The highest BCUT2D eigenvalue weighted by Crippen LogP contribution is 2.42. The summed E-state index contributed by atoms with van der Waals surface area (Å²) in [7, 11) is 1.29. The highest BCUT2D eigenvalue weighted by atomic mass is 16.5. The van der Waals surface area contributed by atoms with Crippen molar-refractivity contribution < 1.29 is 19.0 Å². The molecule has 6 heteroatoms. The summed E-state index contributed by atoms with van der Waals surface area (Å²) in [4.78, 5) is 11.3. The van der Waals surface area contributed by atoms with Gasteiger partial charge in [0.05, 0.1) is 7.11 Å². The number of para-hydroxylation sites is 1. The van der Waals surface area contributed by atoms with E-state index in [1.807, 2.05) is 32.0 Å². The predicted octanol–water partition coefficient (Wildman–Crippen LogP) is 2.77. The topological polar surface area (TPSA) is 70.5 Å². The maximum absolute atomic E-state index is 11.3. The number of aromatic nitrogens is 2. The Labute approximate surface area is 128 Å². The third-order valence-corrected chi connectivity index (χ3v) is 3.30. The van der Waals surface area contributed by atoms with E-state index in [2.05, 4.69) is 14.9 Å². The summed E-state index contributed by atoms with van der Waals surface area (Å²) >= 11 is 0. The molecule has 3 rings (SSSR count). The van der Waals surface area contributed by atoms with E-state index in [9.17, 15) is 4.79 Å². The van der Waals surface area contributed by atoms with E-state index in [4.69, 9.17) is 9.47 Å². The molecule has 22 heavy (non-hydrogen) atoms. The minimum absolute atomic E-state index is 0.130. The molecular weight excluding hydrogens is 284 g/mol. The molecule has 0 saturated carbocycles. The molecule has 1 aliphatic rings. The quantitative estimate of drug-likeness (QED) is 0.812. The van der Waals surface area contributed by atoms with Crippen LogP contribution in [0.5, 0.6) is 17.4 Å². The van der Waals surface area contributed by atoms with E-state index in [0.717, 1.165) is 17.7 Å². The number of benzene rings is 1. The van der Waals surface area contributed by atoms with Gasteiger partial charge in [-0.3, -0.25) is 0 Å². The summed E-state index contributed by atoms with van der Waals surface area (Å²) in [5.41, 5.74) is 0.981. The Morgan fingerprint density at radius 3 is 2.73 bits per heavy atom. The molecule has 0 amide bonds. The lowest BCUT2D eigenvalue weighted by atomic mass is 10.0. The fraction of sp³-hybridized carbons (Fsp3) is 0.312. The molecule has 0 fully saturated rings. The largest absolute Gasteiger partial charge is 0.483 e. The normalized spacial score (nSPS) is 14.9. The van der Waals surface area contributed by atoms with Crippen LogP contribution in [0.15, 0.2) is 30.3 Å². The minimum atomic E-state index is -0.537. The monoisotopic (exact) mass is 300 g/mol. The number of hydrogen-bond acceptors (Lipinski definition) is 6. The van der Waals surface area contributed by atoms with Gasteiger partial charge in [-0.25, -0.2) is 4.79 Å². The van der Waals surface area contributed by atoms with Crippen LogP contribution in [0.2, 0.25) is 0 Å². The van der Waals surface area contributed by atoms with Gasteiger partial charge in [-0.2, -0.15) is 0 Å². The van der Waals surface area contributed by atoms with E-state index in [1.54, 1.807) is 6.07 Å². The second kappa shape index (κ2) is 5.29. The molecule has 0 atom stereocenters. The van der Waals surface area contributed by atoms with Crippen molar-refractivity contribution in [3.63, 3.8) is 0 Å². The molecule has 114 valence electrons. The van der Waals surface area contributed by atoms with E-state index in [-0.39, 0.29) is 17.2 Å². The number of carbonyl (C=O) groups is 1. The van der Waals surface area contributed by atoms with Crippen LogP contribution in [0.3, 0.4) is 0 Å². The van der Waals surface area contributed by atoms with Crippen molar-refractivity contribution in [1.82, 2.24) is 10.2 Å². The Kier molecular flexibility index (Phi) is 3.44. The van der Waals surface area contributed by atoms with Crippen LogP contribution in [0.4, 0.5) is 0 Å². The summed E-state index contributed by atoms with van der Waals surface area (Å²) in [6, 6.07) is 8.81. The zero-order valence-electron chi connectivity index (χ0n) is 12.6. The molecule has 0 spiro atoms. The third kappa shape index (κ3) is 2.72. The van der Waals surface area contributed by atoms with Gasteiger partial charge in [-0.1, -0.05) is 12.1 Å². The second-order valence-corrected chi connectivity index (χ2v) is 5.63. The van der Waals surface area contributed by atoms with E-state index >= 15 is 0 Å². The standard InChI is InChI=1S/C16H16N2O4/c1-16(2)9-10-5-4-6-12(14(10)22-16)21-13-8-7-11(17-18-13)15(19)20-3/h4-8H,9H2,1-3H3. The fourth-order valence-corrected chi connectivity index (χ4v) is 2.37. The van der Waals surface area contributed by atoms with Gasteiger partial charge >= 0.3 is 5.97 Å². The molecule has 0 bridgehead atoms. The van der Waals surface area contributed by atoms with Gasteiger partial charge in [-0.05, 0) is 26.0 Å². The zero-order valence-corrected chi connectivity index (χ0v) is 12.6. The maximum Gasteiger partial charge on any atom is 0.358 e. The molecule has 6 nitrogen and oxygen atoms in total. The molecule has 2 heterocycles. The Balaban J connectivity index is 1.83. The van der Waals surface area contributed by atoms with Crippen LogP contribution in [-0.2, 0) is 11.2 Å². The highest BCUT2D eigenvalue weighted by molar-refractivity contribution is 5.86. The van der Waals surface area contributed by atoms with Crippen LogP contribution in [-0.4, -0.2) is 28.9 Å². The number of ether oxygens (including phenoxy) is 3. The van der Waals surface area contributed by atoms with Gasteiger partial charge in [0.1, 0.15) is 5.60 Å². The lowest BCUT2D eigenvalue weighted by Crippen LogP contribution is -2.24. The Hall–Kier alpha value is -2.63. The van der Waals surface area contributed by atoms with Gasteiger partial charge in [0.15, 0.2) is 17.2 Å². The number of esters is 1. The first-order valence-corrected chi connectivity index (χ1v) is 6.89. The Bertz CT molecular complexity index is 711. The van der Waals surface area contributed by atoms with E-state index in [1.165, 1.54) is 13.2 Å². The van der Waals surface area contributed by atoms with Crippen molar-refractivity contribution >= 4 is 5.97 Å². The van der Waals surface area contributed by atoms with Crippen molar-refractivity contribution in [2.24, 2.45) is 0 Å². The van der Waals surface area contributed by atoms with Gasteiger partial charge in [0.25, 0.3) is 0 Å². The van der Waals surface area contributed by atoms with Crippen molar-refractivity contribution in [1.29, 1.82) is 0 Å². The molecule has 0 aliphatic carbocycles. The minimum Gasteiger partial charge on any atom is -0.483 e. The summed E-state index contributed by atoms with van der Waals surface area (Å²) < 4.78 is 16.2. The SMILES string of the molecule is COC(=O)c1ccc(Oc2cccc3c2OC(C)(C)C3)nn1. The number of rotatable bonds is 3. The lowest BCUT2D eigenvalue weighted by Gasteiger charge is -2.18. The predicted molar refractivity (Wildman–Crippen MR) is 78.3 cm³/mol. The van der Waals surface area contributed by atoms with Crippen molar-refractivity contribution in [3.05, 3.63) is 41.6 Å². The summed E-state index contributed by atoms with van der Waals surface area (Å²) in [6.45, 7) is 4.06. The molecule has 1 aromatic carbocycles. The number of methoxy groups -OCH3 is 1. The number of fused-ring (bicyclic) bond motifs is 1. The average molecular weight is 300 g/mol. The first kappa shape index (κ1) is 14.3. The van der Waals surface area contributed by atoms with E-state index < -0.39 is 5.97 Å². The van der Waals surface area contributed by atoms with Crippen molar-refractivity contribution in [2.45, 2.75) is 25.9 Å². The number of nitrogens with zero attached hydrogens (tertiary/aromatic N) is 2. The first-order chi connectivity index (χ1) is 10.5. The second-order valence-electron chi connectivity index (χ2n) is 5.63. The Morgan fingerprint density at radius 2 is 2.05 bits per heavy atom. The Morgan fingerprint density at radius 1 is 1.23 bits per heavy atom. The van der Waals surface area contributed by atoms with Crippen LogP contribution in [0, 0.1) is 0 Å². The lowest BCUT2D eigenvalue weighted by molar-refractivity contribution is 0.0592. The summed E-state index contributed by atoms with van der Waals surface area (Å²) in [6.07, 6.45) is 0.826.